The molecule has 1 aliphatic carbocycles. The molecular weight excluding hydrogens is 350 g/mol. The van der Waals surface area contributed by atoms with Crippen molar-refractivity contribution in [2.24, 2.45) is 5.92 Å². The fourth-order valence-corrected chi connectivity index (χ4v) is 4.65. The van der Waals surface area contributed by atoms with Gasteiger partial charge in [0.2, 0.25) is 5.43 Å². The summed E-state index contributed by atoms with van der Waals surface area (Å²) in [5, 5.41) is 0. The monoisotopic (exact) mass is 371 g/mol. The van der Waals surface area contributed by atoms with Gasteiger partial charge >= 0.3 is 0 Å². The Hall–Kier alpha value is -0.850. The number of hydrogen-bond acceptors (Lipinski definition) is 4. The van der Waals surface area contributed by atoms with Gasteiger partial charge in [0.15, 0.2) is 5.75 Å². The van der Waals surface area contributed by atoms with E-state index in [1.165, 1.54) is 13.5 Å². The molecule has 0 amide bonds. The molecule has 0 radical (unpaired) electrons. The second-order valence-corrected chi connectivity index (χ2v) is 6.95. The van der Waals surface area contributed by atoms with Crippen molar-refractivity contribution in [2.75, 3.05) is 21.3 Å². The van der Waals surface area contributed by atoms with Gasteiger partial charge in [-0.3, -0.25) is 4.79 Å². The molecule has 1 aliphatic heterocycles. The Kier molecular flexibility index (Phi) is 4.36. The third-order valence-electron chi connectivity index (χ3n) is 5.22. The average molecular weight is 372 g/mol. The molecule has 1 aromatic rings. The van der Waals surface area contributed by atoms with Gasteiger partial charge in [-0.25, -0.2) is 0 Å². The molecule has 6 heteroatoms. The second kappa shape index (κ2) is 5.98. The van der Waals surface area contributed by atoms with Crippen LogP contribution in [0.3, 0.4) is 0 Å². The molecule has 0 saturated heterocycles. The molecule has 5 nitrogen and oxygen atoms in total. The highest BCUT2D eigenvalue weighted by Crippen LogP contribution is 2.51. The zero-order valence-corrected chi connectivity index (χ0v) is 14.8. The van der Waals surface area contributed by atoms with Crippen molar-refractivity contribution in [3.63, 3.8) is 0 Å². The lowest BCUT2D eigenvalue weighted by Crippen LogP contribution is -2.54. The van der Waals surface area contributed by atoms with Crippen molar-refractivity contribution >= 4 is 15.9 Å². The normalized spacial score (nSPS) is 30.5. The molecule has 122 valence electrons. The molecule has 0 aromatic carbocycles. The van der Waals surface area contributed by atoms with Gasteiger partial charge in [0.05, 0.1) is 17.3 Å². The molecule has 22 heavy (non-hydrogen) atoms. The van der Waals surface area contributed by atoms with E-state index in [9.17, 15) is 4.79 Å². The molecule has 3 unspecified atom stereocenters. The van der Waals surface area contributed by atoms with Crippen LogP contribution in [0.4, 0.5) is 0 Å². The summed E-state index contributed by atoms with van der Waals surface area (Å²) in [5.41, 5.74) is 0.273. The quantitative estimate of drug-likeness (QED) is 0.819. The van der Waals surface area contributed by atoms with E-state index in [2.05, 4.69) is 20.5 Å². The zero-order chi connectivity index (χ0) is 15.9. The Morgan fingerprint density at radius 3 is 2.73 bits per heavy atom. The summed E-state index contributed by atoms with van der Waals surface area (Å²) in [6, 6.07) is 0. The van der Waals surface area contributed by atoms with Crippen molar-refractivity contribution in [3.8, 4) is 5.75 Å². The van der Waals surface area contributed by atoms with E-state index in [0.29, 0.717) is 16.1 Å². The molecule has 1 aromatic heterocycles. The van der Waals surface area contributed by atoms with Crippen LogP contribution < -0.4 is 10.2 Å². The van der Waals surface area contributed by atoms with E-state index >= 15 is 0 Å². The zero-order valence-electron chi connectivity index (χ0n) is 13.2. The van der Waals surface area contributed by atoms with Crippen molar-refractivity contribution in [2.45, 2.75) is 43.9 Å². The van der Waals surface area contributed by atoms with Gasteiger partial charge in [0.25, 0.3) is 0 Å². The van der Waals surface area contributed by atoms with Gasteiger partial charge in [0, 0.05) is 32.9 Å². The van der Waals surface area contributed by atoms with Gasteiger partial charge in [-0.1, -0.05) is 12.8 Å². The van der Waals surface area contributed by atoms with Crippen LogP contribution >= 0.6 is 15.9 Å². The standard InChI is InChI=1S/C16H22BrNO4/c1-20-14-12-15(21-2)16(22-3)7-5-4-6-10(16)8-18(12)9-11(17)13(14)19/h9-10,15H,4-8H2,1-3H3. The Labute approximate surface area is 138 Å². The van der Waals surface area contributed by atoms with Crippen LogP contribution in [0.5, 0.6) is 5.75 Å². The summed E-state index contributed by atoms with van der Waals surface area (Å²) < 4.78 is 19.9. The number of rotatable bonds is 3. The molecule has 0 N–H and O–H groups in total. The minimum Gasteiger partial charge on any atom is -0.491 e. The van der Waals surface area contributed by atoms with Crippen LogP contribution in [-0.4, -0.2) is 31.5 Å². The number of methoxy groups -OCH3 is 3. The highest BCUT2D eigenvalue weighted by molar-refractivity contribution is 9.10. The summed E-state index contributed by atoms with van der Waals surface area (Å²) in [6.07, 6.45) is 5.93. The van der Waals surface area contributed by atoms with E-state index in [4.69, 9.17) is 14.2 Å². The molecule has 3 rings (SSSR count). The van der Waals surface area contributed by atoms with Crippen molar-refractivity contribution in [1.29, 1.82) is 0 Å². The molecule has 3 atom stereocenters. The predicted molar refractivity (Wildman–Crippen MR) is 86.4 cm³/mol. The van der Waals surface area contributed by atoms with E-state index in [1.54, 1.807) is 14.2 Å². The first kappa shape index (κ1) is 16.0. The topological polar surface area (TPSA) is 49.7 Å². The smallest absolute Gasteiger partial charge is 0.237 e. The number of nitrogens with zero attached hydrogens (tertiary/aromatic N) is 1. The lowest BCUT2D eigenvalue weighted by Gasteiger charge is -2.51. The first-order valence-corrected chi connectivity index (χ1v) is 8.43. The first-order chi connectivity index (χ1) is 10.6. The van der Waals surface area contributed by atoms with Gasteiger partial charge in [0.1, 0.15) is 11.7 Å². The summed E-state index contributed by atoms with van der Waals surface area (Å²) in [6.45, 7) is 0.818. The maximum Gasteiger partial charge on any atom is 0.237 e. The lowest BCUT2D eigenvalue weighted by molar-refractivity contribution is -0.186. The highest BCUT2D eigenvalue weighted by atomic mass is 79.9. The van der Waals surface area contributed by atoms with Gasteiger partial charge < -0.3 is 18.8 Å². The third-order valence-corrected chi connectivity index (χ3v) is 5.79. The van der Waals surface area contributed by atoms with E-state index < -0.39 is 0 Å². The minimum absolute atomic E-state index is 0.142. The highest BCUT2D eigenvalue weighted by Gasteiger charge is 2.53. The first-order valence-electron chi connectivity index (χ1n) is 7.63. The molecule has 2 heterocycles. The van der Waals surface area contributed by atoms with Crippen LogP contribution in [0, 0.1) is 5.92 Å². The Morgan fingerprint density at radius 2 is 2.09 bits per heavy atom. The fraction of sp³-hybridized carbons (Fsp3) is 0.688. The predicted octanol–water partition coefficient (Wildman–Crippen LogP) is 2.90. The number of aromatic nitrogens is 1. The molecule has 1 saturated carbocycles. The van der Waals surface area contributed by atoms with Gasteiger partial charge in [-0.15, -0.1) is 0 Å². The molecular formula is C16H22BrNO4. The summed E-state index contributed by atoms with van der Waals surface area (Å²) in [7, 11) is 4.96. The van der Waals surface area contributed by atoms with Crippen molar-refractivity contribution < 1.29 is 14.2 Å². The summed E-state index contributed by atoms with van der Waals surface area (Å²) in [5.74, 6) is 0.726. The van der Waals surface area contributed by atoms with Crippen LogP contribution in [0.2, 0.25) is 0 Å². The van der Waals surface area contributed by atoms with E-state index in [-0.39, 0.29) is 17.1 Å². The van der Waals surface area contributed by atoms with E-state index in [0.717, 1.165) is 31.5 Å². The van der Waals surface area contributed by atoms with Gasteiger partial charge in [-0.2, -0.15) is 0 Å². The van der Waals surface area contributed by atoms with Crippen molar-refractivity contribution in [1.82, 2.24) is 4.57 Å². The van der Waals surface area contributed by atoms with Crippen LogP contribution in [0.25, 0.3) is 0 Å². The van der Waals surface area contributed by atoms with Crippen LogP contribution in [0.1, 0.15) is 37.5 Å². The maximum absolute atomic E-state index is 12.4. The Balaban J connectivity index is 2.24. The number of halogens is 1. The average Bonchev–Trinajstić information content (AvgIpc) is 2.54. The largest absolute Gasteiger partial charge is 0.491 e. The van der Waals surface area contributed by atoms with Crippen LogP contribution in [-0.2, 0) is 16.0 Å². The molecule has 0 bridgehead atoms. The molecule has 2 aliphatic rings. The third kappa shape index (κ3) is 2.15. The number of pyridine rings is 1. The molecule has 1 fully saturated rings. The maximum atomic E-state index is 12.4. The number of ether oxygens (including phenoxy) is 3. The Bertz CT molecular complexity index is 629. The summed E-state index contributed by atoms with van der Waals surface area (Å²) >= 11 is 3.34. The SMILES string of the molecule is COc1c2n(cc(Br)c1=O)CC1CCCCC1(OC)C2OC. The van der Waals surface area contributed by atoms with Gasteiger partial charge in [-0.05, 0) is 28.8 Å². The minimum atomic E-state index is -0.374. The lowest BCUT2D eigenvalue weighted by atomic mass is 9.69. The fourth-order valence-electron chi connectivity index (χ4n) is 4.23. The Morgan fingerprint density at radius 1 is 1.32 bits per heavy atom. The van der Waals surface area contributed by atoms with Crippen molar-refractivity contribution in [3.05, 3.63) is 26.6 Å². The van der Waals surface area contributed by atoms with E-state index in [1.807, 2.05) is 6.20 Å². The summed E-state index contributed by atoms with van der Waals surface area (Å²) in [4.78, 5) is 12.4. The second-order valence-electron chi connectivity index (χ2n) is 6.09. The van der Waals surface area contributed by atoms with Crippen LogP contribution in [0.15, 0.2) is 15.5 Å². The number of fused-ring (bicyclic) bond motifs is 2. The number of hydrogen-bond donors (Lipinski definition) is 0. The molecule has 0 spiro atoms.